The number of pyridine rings is 1. The molecule has 0 aliphatic carbocycles. The SMILES string of the molecule is Br.CN(C)c1cccc2nc3ccccc3cc12. The smallest absolute Gasteiger partial charge is 0.0730 e. The Balaban J connectivity index is 0.00000120. The number of hydrogen-bond acceptors (Lipinski definition) is 2. The zero-order chi connectivity index (χ0) is 11.8. The third-order valence-corrected chi connectivity index (χ3v) is 3.02. The van der Waals surface area contributed by atoms with Crippen molar-refractivity contribution < 1.29 is 0 Å². The van der Waals surface area contributed by atoms with Crippen molar-refractivity contribution in [2.24, 2.45) is 0 Å². The van der Waals surface area contributed by atoms with Crippen LogP contribution < -0.4 is 4.90 Å². The van der Waals surface area contributed by atoms with Crippen LogP contribution in [0.15, 0.2) is 48.5 Å². The van der Waals surface area contributed by atoms with Crippen LogP contribution in [0.5, 0.6) is 0 Å². The minimum absolute atomic E-state index is 0. The summed E-state index contributed by atoms with van der Waals surface area (Å²) in [6, 6.07) is 16.7. The lowest BCUT2D eigenvalue weighted by atomic mass is 10.1. The molecule has 18 heavy (non-hydrogen) atoms. The summed E-state index contributed by atoms with van der Waals surface area (Å²) in [5.74, 6) is 0. The van der Waals surface area contributed by atoms with Gasteiger partial charge < -0.3 is 4.90 Å². The molecule has 2 aromatic carbocycles. The Morgan fingerprint density at radius 3 is 2.39 bits per heavy atom. The molecule has 0 fully saturated rings. The van der Waals surface area contributed by atoms with E-state index in [9.17, 15) is 0 Å². The van der Waals surface area contributed by atoms with Gasteiger partial charge in [-0.2, -0.15) is 0 Å². The maximum atomic E-state index is 4.69. The van der Waals surface area contributed by atoms with E-state index in [0.29, 0.717) is 0 Å². The van der Waals surface area contributed by atoms with Gasteiger partial charge in [0, 0.05) is 30.6 Å². The Morgan fingerprint density at radius 2 is 1.61 bits per heavy atom. The predicted octanol–water partition coefficient (Wildman–Crippen LogP) is 4.03. The summed E-state index contributed by atoms with van der Waals surface area (Å²) in [5, 5.41) is 2.39. The standard InChI is InChI=1S/C15H14N2.BrH/c1-17(2)15-9-5-8-14-12(15)10-11-6-3-4-7-13(11)16-14;/h3-10H,1-2H3;1H. The molecule has 0 saturated carbocycles. The van der Waals surface area contributed by atoms with E-state index in [1.807, 2.05) is 12.1 Å². The minimum Gasteiger partial charge on any atom is -0.377 e. The van der Waals surface area contributed by atoms with Gasteiger partial charge in [-0.15, -0.1) is 17.0 Å². The summed E-state index contributed by atoms with van der Waals surface area (Å²) in [6.07, 6.45) is 0. The number of benzene rings is 2. The van der Waals surface area contributed by atoms with E-state index in [2.05, 4.69) is 55.4 Å². The van der Waals surface area contributed by atoms with Gasteiger partial charge in [0.1, 0.15) is 0 Å². The number of anilines is 1. The largest absolute Gasteiger partial charge is 0.377 e. The Labute approximate surface area is 117 Å². The molecule has 3 aromatic rings. The second-order valence-electron chi connectivity index (χ2n) is 4.42. The van der Waals surface area contributed by atoms with Crippen LogP contribution in [0.2, 0.25) is 0 Å². The lowest BCUT2D eigenvalue weighted by molar-refractivity contribution is 1.14. The molecule has 0 bridgehead atoms. The highest BCUT2D eigenvalue weighted by atomic mass is 79.9. The Hall–Kier alpha value is -1.61. The number of aromatic nitrogens is 1. The topological polar surface area (TPSA) is 16.1 Å². The molecule has 0 spiro atoms. The van der Waals surface area contributed by atoms with Crippen LogP contribution in [-0.2, 0) is 0 Å². The fourth-order valence-electron chi connectivity index (χ4n) is 2.17. The number of para-hydroxylation sites is 1. The van der Waals surface area contributed by atoms with Crippen LogP contribution in [0.25, 0.3) is 21.8 Å². The zero-order valence-corrected chi connectivity index (χ0v) is 12.1. The van der Waals surface area contributed by atoms with Crippen LogP contribution in [0.4, 0.5) is 5.69 Å². The molecular weight excluding hydrogens is 288 g/mol. The molecule has 0 radical (unpaired) electrons. The number of rotatable bonds is 1. The normalized spacial score (nSPS) is 10.3. The summed E-state index contributed by atoms with van der Waals surface area (Å²) in [5.41, 5.74) is 3.31. The van der Waals surface area contributed by atoms with Gasteiger partial charge in [-0.3, -0.25) is 0 Å². The maximum Gasteiger partial charge on any atom is 0.0730 e. The number of nitrogens with zero attached hydrogens (tertiary/aromatic N) is 2. The summed E-state index contributed by atoms with van der Waals surface area (Å²) >= 11 is 0. The lowest BCUT2D eigenvalue weighted by Gasteiger charge is -2.15. The summed E-state index contributed by atoms with van der Waals surface area (Å²) in [6.45, 7) is 0. The van der Waals surface area contributed by atoms with Gasteiger partial charge in [-0.25, -0.2) is 4.98 Å². The van der Waals surface area contributed by atoms with Gasteiger partial charge in [0.25, 0.3) is 0 Å². The van der Waals surface area contributed by atoms with Crippen molar-refractivity contribution in [3.05, 3.63) is 48.5 Å². The monoisotopic (exact) mass is 302 g/mol. The molecule has 0 amide bonds. The van der Waals surface area contributed by atoms with Gasteiger partial charge in [-0.05, 0) is 24.3 Å². The van der Waals surface area contributed by atoms with E-state index < -0.39 is 0 Å². The molecular formula is C15H15BrN2. The molecule has 1 heterocycles. The Bertz CT molecular complexity index is 692. The van der Waals surface area contributed by atoms with E-state index >= 15 is 0 Å². The lowest BCUT2D eigenvalue weighted by Crippen LogP contribution is -2.09. The first kappa shape index (κ1) is 12.8. The average molecular weight is 303 g/mol. The molecule has 2 nitrogen and oxygen atoms in total. The second kappa shape index (κ2) is 4.94. The van der Waals surface area contributed by atoms with E-state index in [0.717, 1.165) is 11.0 Å². The molecule has 3 rings (SSSR count). The van der Waals surface area contributed by atoms with Gasteiger partial charge in [0.2, 0.25) is 0 Å². The summed E-state index contributed by atoms with van der Waals surface area (Å²) in [7, 11) is 4.12. The van der Waals surface area contributed by atoms with Crippen LogP contribution in [0.3, 0.4) is 0 Å². The molecule has 92 valence electrons. The highest BCUT2D eigenvalue weighted by Crippen LogP contribution is 2.27. The number of fused-ring (bicyclic) bond motifs is 2. The minimum atomic E-state index is 0. The first-order valence-electron chi connectivity index (χ1n) is 5.71. The third kappa shape index (κ3) is 2.06. The van der Waals surface area contributed by atoms with Crippen molar-refractivity contribution in [2.45, 2.75) is 0 Å². The highest BCUT2D eigenvalue weighted by molar-refractivity contribution is 8.93. The number of hydrogen-bond donors (Lipinski definition) is 0. The first-order valence-corrected chi connectivity index (χ1v) is 5.71. The highest BCUT2D eigenvalue weighted by Gasteiger charge is 2.05. The van der Waals surface area contributed by atoms with Crippen molar-refractivity contribution >= 4 is 44.5 Å². The van der Waals surface area contributed by atoms with E-state index in [-0.39, 0.29) is 17.0 Å². The van der Waals surface area contributed by atoms with Gasteiger partial charge in [-0.1, -0.05) is 24.3 Å². The third-order valence-electron chi connectivity index (χ3n) is 3.02. The quantitative estimate of drug-likeness (QED) is 0.631. The zero-order valence-electron chi connectivity index (χ0n) is 10.4. The predicted molar refractivity (Wildman–Crippen MR) is 83.9 cm³/mol. The van der Waals surface area contributed by atoms with Crippen molar-refractivity contribution in [3.63, 3.8) is 0 Å². The molecule has 1 aromatic heterocycles. The average Bonchev–Trinajstić information content (AvgIpc) is 2.35. The van der Waals surface area contributed by atoms with Crippen molar-refractivity contribution in [1.29, 1.82) is 0 Å². The van der Waals surface area contributed by atoms with Crippen LogP contribution in [0, 0.1) is 0 Å². The van der Waals surface area contributed by atoms with E-state index in [1.165, 1.54) is 16.5 Å². The van der Waals surface area contributed by atoms with Crippen molar-refractivity contribution in [3.8, 4) is 0 Å². The molecule has 0 aliphatic rings. The van der Waals surface area contributed by atoms with Gasteiger partial charge >= 0.3 is 0 Å². The van der Waals surface area contributed by atoms with Gasteiger partial charge in [0.05, 0.1) is 11.0 Å². The van der Waals surface area contributed by atoms with Crippen LogP contribution in [0.1, 0.15) is 0 Å². The van der Waals surface area contributed by atoms with Crippen LogP contribution >= 0.6 is 17.0 Å². The first-order chi connectivity index (χ1) is 8.25. The molecule has 3 heteroatoms. The second-order valence-corrected chi connectivity index (χ2v) is 4.42. The molecule has 0 N–H and O–H groups in total. The van der Waals surface area contributed by atoms with Crippen molar-refractivity contribution in [2.75, 3.05) is 19.0 Å². The number of halogens is 1. The fourth-order valence-corrected chi connectivity index (χ4v) is 2.17. The summed E-state index contributed by atoms with van der Waals surface area (Å²) < 4.78 is 0. The Morgan fingerprint density at radius 1 is 0.889 bits per heavy atom. The van der Waals surface area contributed by atoms with Crippen LogP contribution in [-0.4, -0.2) is 19.1 Å². The fraction of sp³-hybridized carbons (Fsp3) is 0.133. The van der Waals surface area contributed by atoms with E-state index in [1.54, 1.807) is 0 Å². The molecule has 0 unspecified atom stereocenters. The van der Waals surface area contributed by atoms with E-state index in [4.69, 9.17) is 4.98 Å². The molecule has 0 atom stereocenters. The van der Waals surface area contributed by atoms with Gasteiger partial charge in [0.15, 0.2) is 0 Å². The Kier molecular flexibility index (Phi) is 3.53. The molecule has 0 aliphatic heterocycles. The molecule has 0 saturated heterocycles. The summed E-state index contributed by atoms with van der Waals surface area (Å²) in [4.78, 5) is 6.82. The van der Waals surface area contributed by atoms with Crippen molar-refractivity contribution in [1.82, 2.24) is 4.98 Å². The maximum absolute atomic E-state index is 4.69.